The maximum atomic E-state index is 12.0. The minimum absolute atomic E-state index is 0.169. The average molecular weight is 274 g/mol. The molecule has 1 aliphatic rings. The maximum absolute atomic E-state index is 12.0. The quantitative estimate of drug-likeness (QED) is 0.460. The van der Waals surface area contributed by atoms with E-state index in [2.05, 4.69) is 12.2 Å². The van der Waals surface area contributed by atoms with E-state index in [0.717, 1.165) is 25.0 Å². The van der Waals surface area contributed by atoms with Gasteiger partial charge in [-0.25, -0.2) is 0 Å². The molecule has 1 atom stereocenters. The van der Waals surface area contributed by atoms with Gasteiger partial charge in [-0.05, 0) is 63.5 Å². The van der Waals surface area contributed by atoms with Gasteiger partial charge in [0.25, 0.3) is 0 Å². The highest BCUT2D eigenvalue weighted by Crippen LogP contribution is 2.26. The number of hydrogen-bond donors (Lipinski definition) is 0. The van der Waals surface area contributed by atoms with Gasteiger partial charge in [-0.2, -0.15) is 0 Å². The highest BCUT2D eigenvalue weighted by molar-refractivity contribution is 5.78. The van der Waals surface area contributed by atoms with Crippen molar-refractivity contribution < 1.29 is 14.3 Å². The van der Waals surface area contributed by atoms with Crippen molar-refractivity contribution >= 4 is 5.97 Å². The summed E-state index contributed by atoms with van der Waals surface area (Å²) in [5, 5.41) is 0. The Morgan fingerprint density at radius 2 is 1.90 bits per heavy atom. The Hall–Kier alpha value is -1.77. The number of esters is 1. The lowest BCUT2D eigenvalue weighted by Gasteiger charge is -2.20. The monoisotopic (exact) mass is 274 g/mol. The minimum Gasteiger partial charge on any atom is -0.486 e. The Kier molecular flexibility index (Phi) is 4.48. The molecule has 0 saturated heterocycles. The van der Waals surface area contributed by atoms with Crippen LogP contribution in [0.15, 0.2) is 36.4 Å². The summed E-state index contributed by atoms with van der Waals surface area (Å²) in [6.45, 7) is 5.76. The van der Waals surface area contributed by atoms with Crippen molar-refractivity contribution in [1.82, 2.24) is 0 Å². The lowest BCUT2D eigenvalue weighted by atomic mass is 9.91. The van der Waals surface area contributed by atoms with Gasteiger partial charge >= 0.3 is 5.97 Å². The normalized spacial score (nSPS) is 18.1. The molecule has 1 aromatic rings. The topological polar surface area (TPSA) is 35.5 Å². The Bertz CT molecular complexity index is 485. The fourth-order valence-corrected chi connectivity index (χ4v) is 1.85. The molecular weight excluding hydrogens is 252 g/mol. The summed E-state index contributed by atoms with van der Waals surface area (Å²) in [4.78, 5) is 12.0. The van der Waals surface area contributed by atoms with Gasteiger partial charge in [0.1, 0.15) is 17.6 Å². The van der Waals surface area contributed by atoms with Crippen LogP contribution < -0.4 is 9.47 Å². The van der Waals surface area contributed by atoms with E-state index in [1.807, 2.05) is 32.9 Å². The van der Waals surface area contributed by atoms with Gasteiger partial charge < -0.3 is 9.47 Å². The van der Waals surface area contributed by atoms with Crippen LogP contribution in [-0.4, -0.2) is 12.1 Å². The van der Waals surface area contributed by atoms with E-state index in [0.29, 0.717) is 5.75 Å². The first-order valence-electron chi connectivity index (χ1n) is 7.17. The van der Waals surface area contributed by atoms with Gasteiger partial charge in [-0.1, -0.05) is 13.0 Å². The second-order valence-corrected chi connectivity index (χ2v) is 5.76. The molecule has 1 aliphatic carbocycles. The predicted molar refractivity (Wildman–Crippen MR) is 78.9 cm³/mol. The van der Waals surface area contributed by atoms with Crippen LogP contribution in [0.2, 0.25) is 0 Å². The second-order valence-electron chi connectivity index (χ2n) is 5.76. The van der Waals surface area contributed by atoms with Crippen molar-refractivity contribution in [1.29, 1.82) is 0 Å². The van der Waals surface area contributed by atoms with E-state index in [1.54, 1.807) is 12.1 Å². The predicted octanol–water partition coefficient (Wildman–Crippen LogP) is 4.13. The lowest BCUT2D eigenvalue weighted by molar-refractivity contribution is -0.144. The Balaban J connectivity index is 1.94. The van der Waals surface area contributed by atoms with E-state index >= 15 is 0 Å². The molecule has 3 heteroatoms. The van der Waals surface area contributed by atoms with Crippen LogP contribution in [0.3, 0.4) is 0 Å². The van der Waals surface area contributed by atoms with Crippen molar-refractivity contribution in [3.8, 4) is 11.5 Å². The van der Waals surface area contributed by atoms with E-state index < -0.39 is 5.41 Å². The van der Waals surface area contributed by atoms with Crippen LogP contribution in [0, 0.1) is 5.41 Å². The molecule has 0 amide bonds. The third-order valence-corrected chi connectivity index (χ3v) is 3.73. The number of hydrogen-bond acceptors (Lipinski definition) is 3. The SMILES string of the molecule is CCC(C)(C)C(=O)Oc1ccc(OC2C=CCC2)cc1. The van der Waals surface area contributed by atoms with Crippen molar-refractivity contribution in [2.24, 2.45) is 5.41 Å². The molecule has 108 valence electrons. The van der Waals surface area contributed by atoms with Crippen LogP contribution in [0.5, 0.6) is 11.5 Å². The molecule has 20 heavy (non-hydrogen) atoms. The summed E-state index contributed by atoms with van der Waals surface area (Å²) in [6.07, 6.45) is 7.24. The fraction of sp³-hybridized carbons (Fsp3) is 0.471. The molecule has 0 bridgehead atoms. The molecule has 1 unspecified atom stereocenters. The van der Waals surface area contributed by atoms with Crippen LogP contribution in [0.4, 0.5) is 0 Å². The summed E-state index contributed by atoms with van der Waals surface area (Å²) in [7, 11) is 0. The zero-order valence-corrected chi connectivity index (χ0v) is 12.4. The number of carbonyl (C=O) groups is 1. The molecule has 0 N–H and O–H groups in total. The Morgan fingerprint density at radius 3 is 2.45 bits per heavy atom. The number of carbonyl (C=O) groups excluding carboxylic acids is 1. The molecule has 3 nitrogen and oxygen atoms in total. The summed E-state index contributed by atoms with van der Waals surface area (Å²) >= 11 is 0. The number of allylic oxidation sites excluding steroid dienone is 1. The van der Waals surface area contributed by atoms with Crippen molar-refractivity contribution in [3.05, 3.63) is 36.4 Å². The summed E-state index contributed by atoms with van der Waals surface area (Å²) < 4.78 is 11.2. The van der Waals surface area contributed by atoms with Crippen LogP contribution in [0.1, 0.15) is 40.0 Å². The molecule has 0 saturated carbocycles. The van der Waals surface area contributed by atoms with Gasteiger partial charge in [0.15, 0.2) is 0 Å². The zero-order valence-electron chi connectivity index (χ0n) is 12.4. The highest BCUT2D eigenvalue weighted by atomic mass is 16.5. The maximum Gasteiger partial charge on any atom is 0.316 e. The van der Waals surface area contributed by atoms with Gasteiger partial charge in [0.05, 0.1) is 5.41 Å². The molecule has 1 aromatic carbocycles. The Labute approximate surface area is 120 Å². The van der Waals surface area contributed by atoms with E-state index in [9.17, 15) is 4.79 Å². The first-order valence-corrected chi connectivity index (χ1v) is 7.17. The lowest BCUT2D eigenvalue weighted by Crippen LogP contribution is -2.28. The van der Waals surface area contributed by atoms with E-state index in [-0.39, 0.29) is 12.1 Å². The number of ether oxygens (including phenoxy) is 2. The first-order chi connectivity index (χ1) is 9.51. The van der Waals surface area contributed by atoms with Crippen LogP contribution in [0.25, 0.3) is 0 Å². The molecule has 0 aromatic heterocycles. The third-order valence-electron chi connectivity index (χ3n) is 3.73. The zero-order chi connectivity index (χ0) is 14.6. The van der Waals surface area contributed by atoms with Gasteiger partial charge in [-0.3, -0.25) is 4.79 Å². The van der Waals surface area contributed by atoms with E-state index in [1.165, 1.54) is 0 Å². The van der Waals surface area contributed by atoms with Crippen LogP contribution in [-0.2, 0) is 4.79 Å². The van der Waals surface area contributed by atoms with Crippen LogP contribution >= 0.6 is 0 Å². The molecule has 0 radical (unpaired) electrons. The standard InChI is InChI=1S/C17H22O3/c1-4-17(2,3)16(18)20-15-11-9-14(10-12-15)19-13-7-5-6-8-13/h5,7,9-13H,4,6,8H2,1-3H3. The largest absolute Gasteiger partial charge is 0.486 e. The van der Waals surface area contributed by atoms with Crippen molar-refractivity contribution in [2.75, 3.05) is 0 Å². The molecule has 0 fully saturated rings. The summed E-state index contributed by atoms with van der Waals surface area (Å²) in [5.74, 6) is 1.16. The Morgan fingerprint density at radius 1 is 1.25 bits per heavy atom. The van der Waals surface area contributed by atoms with Gasteiger partial charge in [0.2, 0.25) is 0 Å². The van der Waals surface area contributed by atoms with Crippen molar-refractivity contribution in [2.45, 2.75) is 46.1 Å². The number of benzene rings is 1. The average Bonchev–Trinajstić information content (AvgIpc) is 2.94. The van der Waals surface area contributed by atoms with Gasteiger partial charge in [0, 0.05) is 0 Å². The summed E-state index contributed by atoms with van der Waals surface area (Å²) in [5.41, 5.74) is -0.455. The number of rotatable bonds is 5. The van der Waals surface area contributed by atoms with Crippen molar-refractivity contribution in [3.63, 3.8) is 0 Å². The highest BCUT2D eigenvalue weighted by Gasteiger charge is 2.27. The summed E-state index contributed by atoms with van der Waals surface area (Å²) in [6, 6.07) is 7.23. The van der Waals surface area contributed by atoms with Gasteiger partial charge in [-0.15, -0.1) is 0 Å². The van der Waals surface area contributed by atoms with E-state index in [4.69, 9.17) is 9.47 Å². The smallest absolute Gasteiger partial charge is 0.316 e. The second kappa shape index (κ2) is 6.12. The molecule has 0 spiro atoms. The first kappa shape index (κ1) is 14.6. The molecular formula is C17H22O3. The minimum atomic E-state index is -0.455. The fourth-order valence-electron chi connectivity index (χ4n) is 1.85. The molecule has 0 aliphatic heterocycles. The molecule has 0 heterocycles. The molecule has 2 rings (SSSR count). The third kappa shape index (κ3) is 3.62.